The molecule has 0 radical (unpaired) electrons. The van der Waals surface area contributed by atoms with E-state index in [0.29, 0.717) is 18.4 Å². The van der Waals surface area contributed by atoms with Crippen molar-refractivity contribution in [2.24, 2.45) is 5.92 Å². The minimum atomic E-state index is 0.667. The molecule has 3 rings (SSSR count). The van der Waals surface area contributed by atoms with E-state index in [2.05, 4.69) is 54.6 Å². The second-order valence-electron chi connectivity index (χ2n) is 6.68. The summed E-state index contributed by atoms with van der Waals surface area (Å²) >= 11 is 5.70. The second-order valence-corrected chi connectivity index (χ2v) is 6.93. The first-order chi connectivity index (χ1) is 11.8. The first-order valence-electron chi connectivity index (χ1n) is 8.75. The van der Waals surface area contributed by atoms with Crippen LogP contribution in [0.15, 0.2) is 60.1 Å². The van der Waals surface area contributed by atoms with Crippen LogP contribution in [0.4, 0.5) is 0 Å². The van der Waals surface area contributed by atoms with Crippen LogP contribution in [-0.4, -0.2) is 7.11 Å². The molecule has 0 amide bonds. The minimum Gasteiger partial charge on any atom is -0.380 e. The van der Waals surface area contributed by atoms with Crippen molar-refractivity contribution in [3.05, 3.63) is 71.3 Å². The van der Waals surface area contributed by atoms with Crippen molar-refractivity contribution < 1.29 is 4.74 Å². The summed E-state index contributed by atoms with van der Waals surface area (Å²) < 4.78 is 5.17. The summed E-state index contributed by atoms with van der Waals surface area (Å²) in [5.41, 5.74) is 6.90. The van der Waals surface area contributed by atoms with Gasteiger partial charge in [0.15, 0.2) is 0 Å². The van der Waals surface area contributed by atoms with Crippen LogP contribution in [0.5, 0.6) is 0 Å². The predicted octanol–water partition coefficient (Wildman–Crippen LogP) is 6.53. The number of methoxy groups -OCH3 is 1. The molecule has 2 aromatic rings. The molecule has 0 aliphatic heterocycles. The fraction of sp³-hybridized carbons (Fsp3) is 0.364. The van der Waals surface area contributed by atoms with E-state index in [4.69, 9.17) is 16.3 Å². The molecule has 2 aromatic carbocycles. The Bertz CT molecular complexity index is 649. The highest BCUT2D eigenvalue weighted by atomic mass is 35.5. The molecule has 1 aliphatic carbocycles. The number of halogens is 1. The zero-order valence-electron chi connectivity index (χ0n) is 14.2. The Morgan fingerprint density at radius 1 is 0.917 bits per heavy atom. The lowest BCUT2D eigenvalue weighted by Gasteiger charge is -2.27. The van der Waals surface area contributed by atoms with Gasteiger partial charge in [-0.2, -0.15) is 0 Å². The SMILES string of the molecule is COCc1ccc(-c2ccc(C3CCC(/C=C/Cl)CC3)cc2)cc1. The van der Waals surface area contributed by atoms with Crippen LogP contribution in [-0.2, 0) is 11.3 Å². The van der Waals surface area contributed by atoms with Gasteiger partial charge in [-0.15, -0.1) is 0 Å². The van der Waals surface area contributed by atoms with Crippen molar-refractivity contribution in [2.45, 2.75) is 38.2 Å². The van der Waals surface area contributed by atoms with Crippen molar-refractivity contribution in [1.29, 1.82) is 0 Å². The number of rotatable bonds is 5. The first-order valence-corrected chi connectivity index (χ1v) is 9.19. The van der Waals surface area contributed by atoms with Gasteiger partial charge in [0.2, 0.25) is 0 Å². The maximum Gasteiger partial charge on any atom is 0.0713 e. The Kier molecular flexibility index (Phi) is 6.12. The third-order valence-corrected chi connectivity index (χ3v) is 5.24. The lowest BCUT2D eigenvalue weighted by atomic mass is 9.78. The van der Waals surface area contributed by atoms with Gasteiger partial charge in [0, 0.05) is 12.6 Å². The Morgan fingerprint density at radius 2 is 1.50 bits per heavy atom. The summed E-state index contributed by atoms with van der Waals surface area (Å²) in [4.78, 5) is 0. The maximum absolute atomic E-state index is 5.70. The molecule has 1 saturated carbocycles. The summed E-state index contributed by atoms with van der Waals surface area (Å²) in [6.45, 7) is 0.667. The Morgan fingerprint density at radius 3 is 2.04 bits per heavy atom. The number of hydrogen-bond acceptors (Lipinski definition) is 1. The van der Waals surface area contributed by atoms with Crippen LogP contribution in [0.3, 0.4) is 0 Å². The maximum atomic E-state index is 5.70. The zero-order valence-corrected chi connectivity index (χ0v) is 15.0. The Labute approximate surface area is 150 Å². The van der Waals surface area contributed by atoms with E-state index < -0.39 is 0 Å². The molecule has 0 heterocycles. The first kappa shape index (κ1) is 17.3. The van der Waals surface area contributed by atoms with Crippen LogP contribution in [0.1, 0.15) is 42.7 Å². The zero-order chi connectivity index (χ0) is 16.8. The van der Waals surface area contributed by atoms with Crippen molar-refractivity contribution in [2.75, 3.05) is 7.11 Å². The monoisotopic (exact) mass is 340 g/mol. The average molecular weight is 341 g/mol. The summed E-state index contributed by atoms with van der Waals surface area (Å²) in [6.07, 6.45) is 7.16. The van der Waals surface area contributed by atoms with Gasteiger partial charge < -0.3 is 4.74 Å². The van der Waals surface area contributed by atoms with E-state index in [0.717, 1.165) is 0 Å². The van der Waals surface area contributed by atoms with Crippen LogP contribution in [0, 0.1) is 5.92 Å². The van der Waals surface area contributed by atoms with Gasteiger partial charge in [-0.25, -0.2) is 0 Å². The average Bonchev–Trinajstić information content (AvgIpc) is 2.64. The largest absolute Gasteiger partial charge is 0.380 e. The number of ether oxygens (including phenoxy) is 1. The molecule has 2 heteroatoms. The van der Waals surface area contributed by atoms with Crippen LogP contribution in [0.2, 0.25) is 0 Å². The molecule has 0 atom stereocenters. The third-order valence-electron chi connectivity index (χ3n) is 5.10. The molecule has 0 spiro atoms. The lowest BCUT2D eigenvalue weighted by molar-refractivity contribution is 0.185. The predicted molar refractivity (Wildman–Crippen MR) is 102 cm³/mol. The highest BCUT2D eigenvalue weighted by molar-refractivity contribution is 6.25. The molecule has 0 N–H and O–H groups in total. The summed E-state index contributed by atoms with van der Waals surface area (Å²) in [6, 6.07) is 17.7. The molecule has 0 bridgehead atoms. The molecule has 0 unspecified atom stereocenters. The van der Waals surface area contributed by atoms with Crippen molar-refractivity contribution in [3.63, 3.8) is 0 Å². The number of allylic oxidation sites excluding steroid dienone is 1. The lowest BCUT2D eigenvalue weighted by Crippen LogP contribution is -2.11. The molecule has 1 fully saturated rings. The highest BCUT2D eigenvalue weighted by Gasteiger charge is 2.20. The van der Waals surface area contributed by atoms with Gasteiger partial charge in [0.05, 0.1) is 6.61 Å². The molecule has 1 nitrogen and oxygen atoms in total. The highest BCUT2D eigenvalue weighted by Crippen LogP contribution is 2.37. The summed E-state index contributed by atoms with van der Waals surface area (Å²) in [7, 11) is 1.73. The molecular formula is C22H25ClO. The van der Waals surface area contributed by atoms with E-state index >= 15 is 0 Å². The Hall–Kier alpha value is -1.57. The third kappa shape index (κ3) is 4.28. The van der Waals surface area contributed by atoms with E-state index in [9.17, 15) is 0 Å². The minimum absolute atomic E-state index is 0.667. The smallest absolute Gasteiger partial charge is 0.0713 e. The van der Waals surface area contributed by atoms with E-state index in [1.54, 1.807) is 12.6 Å². The molecular weight excluding hydrogens is 316 g/mol. The summed E-state index contributed by atoms with van der Waals surface area (Å²) in [5.74, 6) is 1.37. The second kappa shape index (κ2) is 8.50. The van der Waals surface area contributed by atoms with Gasteiger partial charge in [0.25, 0.3) is 0 Å². The fourth-order valence-electron chi connectivity index (χ4n) is 3.66. The van der Waals surface area contributed by atoms with Gasteiger partial charge in [-0.05, 0) is 59.8 Å². The number of benzene rings is 2. The molecule has 0 aromatic heterocycles. The van der Waals surface area contributed by atoms with Crippen LogP contribution in [0.25, 0.3) is 11.1 Å². The number of hydrogen-bond donors (Lipinski definition) is 0. The van der Waals surface area contributed by atoms with Gasteiger partial charge in [0.1, 0.15) is 0 Å². The van der Waals surface area contributed by atoms with E-state index in [-0.39, 0.29) is 0 Å². The molecule has 126 valence electrons. The van der Waals surface area contributed by atoms with E-state index in [1.165, 1.54) is 47.9 Å². The normalized spacial score (nSPS) is 21.2. The quantitative estimate of drug-likeness (QED) is 0.601. The molecule has 24 heavy (non-hydrogen) atoms. The van der Waals surface area contributed by atoms with Crippen molar-refractivity contribution in [1.82, 2.24) is 0 Å². The standard InChI is InChI=1S/C22H25ClO/c1-24-16-18-4-8-20(9-5-18)22-12-10-21(11-13-22)19-6-2-17(3-7-19)14-15-23/h4-5,8-15,17,19H,2-3,6-7,16H2,1H3/b15-14+. The van der Waals surface area contributed by atoms with Crippen molar-refractivity contribution >= 4 is 11.6 Å². The van der Waals surface area contributed by atoms with Gasteiger partial charge >= 0.3 is 0 Å². The van der Waals surface area contributed by atoms with Crippen LogP contribution < -0.4 is 0 Å². The van der Waals surface area contributed by atoms with Crippen molar-refractivity contribution in [3.8, 4) is 11.1 Å². The van der Waals surface area contributed by atoms with Crippen LogP contribution >= 0.6 is 11.6 Å². The van der Waals surface area contributed by atoms with Gasteiger partial charge in [-0.1, -0.05) is 66.2 Å². The molecule has 0 saturated heterocycles. The van der Waals surface area contributed by atoms with E-state index in [1.807, 2.05) is 0 Å². The topological polar surface area (TPSA) is 9.23 Å². The summed E-state index contributed by atoms with van der Waals surface area (Å²) in [5, 5.41) is 0. The fourth-order valence-corrected chi connectivity index (χ4v) is 3.86. The van der Waals surface area contributed by atoms with Gasteiger partial charge in [-0.3, -0.25) is 0 Å². The Balaban J connectivity index is 1.65. The molecule has 1 aliphatic rings.